The highest BCUT2D eigenvalue weighted by Gasteiger charge is 2.24. The number of nitro benzene ring substituents is 1. The van der Waals surface area contributed by atoms with Crippen LogP contribution in [0.4, 0.5) is 17.1 Å². The summed E-state index contributed by atoms with van der Waals surface area (Å²) in [7, 11) is -1.75. The van der Waals surface area contributed by atoms with Gasteiger partial charge in [0.1, 0.15) is 6.54 Å². The van der Waals surface area contributed by atoms with E-state index in [1.807, 2.05) is 0 Å². The lowest BCUT2D eigenvalue weighted by Gasteiger charge is -2.22. The van der Waals surface area contributed by atoms with Gasteiger partial charge in [-0.3, -0.25) is 19.2 Å². The average molecular weight is 465 g/mol. The molecule has 0 aromatic heterocycles. The van der Waals surface area contributed by atoms with E-state index in [2.05, 4.69) is 14.8 Å². The van der Waals surface area contributed by atoms with Crippen LogP contribution in [0.15, 0.2) is 42.5 Å². The number of hydrogen-bond acceptors (Lipinski definition) is 9. The lowest BCUT2D eigenvalue weighted by Crippen LogP contribution is -2.37. The number of non-ortho nitro benzene ring substituents is 1. The lowest BCUT2D eigenvalue weighted by atomic mass is 10.1. The molecule has 1 N–H and O–H groups in total. The van der Waals surface area contributed by atoms with Crippen molar-refractivity contribution in [3.63, 3.8) is 0 Å². The Morgan fingerprint density at radius 3 is 2.28 bits per heavy atom. The third-order valence-corrected chi connectivity index (χ3v) is 5.28. The quantitative estimate of drug-likeness (QED) is 0.346. The fraction of sp³-hybridized carbons (Fsp3) is 0.211. The van der Waals surface area contributed by atoms with Gasteiger partial charge in [0.2, 0.25) is 15.9 Å². The minimum Gasteiger partial charge on any atom is -0.465 e. The summed E-state index contributed by atoms with van der Waals surface area (Å²) in [5.41, 5.74) is -0.648. The average Bonchev–Trinajstić information content (AvgIpc) is 2.75. The maximum atomic E-state index is 12.7. The van der Waals surface area contributed by atoms with E-state index in [1.54, 1.807) is 0 Å². The number of ether oxygens (including phenoxy) is 2. The second-order valence-electron chi connectivity index (χ2n) is 6.34. The Kier molecular flexibility index (Phi) is 7.49. The second-order valence-corrected chi connectivity index (χ2v) is 8.25. The van der Waals surface area contributed by atoms with Crippen LogP contribution in [0, 0.1) is 10.1 Å². The van der Waals surface area contributed by atoms with Crippen molar-refractivity contribution >= 4 is 44.9 Å². The molecular formula is C19H19N3O9S. The number of methoxy groups -OCH3 is 2. The van der Waals surface area contributed by atoms with Gasteiger partial charge in [-0.05, 0) is 24.3 Å². The van der Waals surface area contributed by atoms with Crippen molar-refractivity contribution in [2.45, 2.75) is 0 Å². The van der Waals surface area contributed by atoms with Gasteiger partial charge < -0.3 is 14.8 Å². The molecule has 170 valence electrons. The molecule has 1 amide bonds. The van der Waals surface area contributed by atoms with E-state index < -0.39 is 39.3 Å². The molecule has 0 radical (unpaired) electrons. The Morgan fingerprint density at radius 1 is 1.06 bits per heavy atom. The van der Waals surface area contributed by atoms with Crippen molar-refractivity contribution in [2.24, 2.45) is 0 Å². The van der Waals surface area contributed by atoms with Crippen molar-refractivity contribution in [1.29, 1.82) is 0 Å². The van der Waals surface area contributed by atoms with Crippen LogP contribution in [0.1, 0.15) is 20.7 Å². The predicted octanol–water partition coefficient (Wildman–Crippen LogP) is 1.57. The fourth-order valence-electron chi connectivity index (χ4n) is 2.66. The lowest BCUT2D eigenvalue weighted by molar-refractivity contribution is -0.384. The maximum Gasteiger partial charge on any atom is 0.339 e. The van der Waals surface area contributed by atoms with Gasteiger partial charge in [-0.15, -0.1) is 0 Å². The Labute approximate surface area is 182 Å². The largest absolute Gasteiger partial charge is 0.465 e. The highest BCUT2D eigenvalue weighted by atomic mass is 32.2. The number of rotatable bonds is 8. The smallest absolute Gasteiger partial charge is 0.339 e. The summed E-state index contributed by atoms with van der Waals surface area (Å²) in [6.07, 6.45) is 0.830. The molecule has 0 aliphatic carbocycles. The van der Waals surface area contributed by atoms with Crippen molar-refractivity contribution in [1.82, 2.24) is 0 Å². The molecule has 0 saturated heterocycles. The van der Waals surface area contributed by atoms with E-state index in [4.69, 9.17) is 0 Å². The van der Waals surface area contributed by atoms with Gasteiger partial charge in [0.15, 0.2) is 0 Å². The summed E-state index contributed by atoms with van der Waals surface area (Å²) in [5, 5.41) is 13.4. The molecule has 13 heteroatoms. The summed E-state index contributed by atoms with van der Waals surface area (Å²) in [6.45, 7) is -0.761. The molecule has 0 unspecified atom stereocenters. The monoisotopic (exact) mass is 465 g/mol. The molecular weight excluding hydrogens is 446 g/mol. The first-order valence-electron chi connectivity index (χ1n) is 8.80. The first kappa shape index (κ1) is 24.3. The third-order valence-electron chi connectivity index (χ3n) is 4.14. The molecule has 0 saturated carbocycles. The van der Waals surface area contributed by atoms with Crippen LogP contribution in [0.2, 0.25) is 0 Å². The highest BCUT2D eigenvalue weighted by Crippen LogP contribution is 2.24. The molecule has 2 aromatic rings. The van der Waals surface area contributed by atoms with Crippen LogP contribution < -0.4 is 9.62 Å². The standard InChI is InChI=1S/C19H19N3O9S/c1-30-18(24)12-7-8-15(19(25)31-2)16(9-12)20-17(23)11-21(32(3,28)29)13-5-4-6-14(10-13)22(26)27/h4-10H,11H2,1-3H3,(H,20,23). The molecule has 2 aromatic carbocycles. The summed E-state index contributed by atoms with van der Waals surface area (Å²) >= 11 is 0. The van der Waals surface area contributed by atoms with Gasteiger partial charge in [-0.25, -0.2) is 18.0 Å². The van der Waals surface area contributed by atoms with E-state index in [9.17, 15) is 32.9 Å². The maximum absolute atomic E-state index is 12.7. The molecule has 0 aliphatic heterocycles. The van der Waals surface area contributed by atoms with Crippen molar-refractivity contribution in [2.75, 3.05) is 36.6 Å². The van der Waals surface area contributed by atoms with Gasteiger partial charge >= 0.3 is 11.9 Å². The molecule has 0 aliphatic rings. The minimum absolute atomic E-state index is 0.0223. The Morgan fingerprint density at radius 2 is 1.72 bits per heavy atom. The first-order chi connectivity index (χ1) is 15.0. The van der Waals surface area contributed by atoms with Crippen LogP contribution in [0.5, 0.6) is 0 Å². The molecule has 2 rings (SSSR count). The number of nitrogens with one attached hydrogen (secondary N) is 1. The zero-order chi connectivity index (χ0) is 24.1. The zero-order valence-electron chi connectivity index (χ0n) is 17.2. The van der Waals surface area contributed by atoms with E-state index in [0.29, 0.717) is 4.31 Å². The Balaban J connectivity index is 2.40. The SMILES string of the molecule is COC(=O)c1ccc(C(=O)OC)c(NC(=O)CN(c2cccc([N+](=O)[O-])c2)S(C)(=O)=O)c1. The van der Waals surface area contributed by atoms with Crippen LogP contribution in [0.3, 0.4) is 0 Å². The number of carbonyl (C=O) groups excluding carboxylic acids is 3. The van der Waals surface area contributed by atoms with Crippen LogP contribution >= 0.6 is 0 Å². The molecule has 12 nitrogen and oxygen atoms in total. The molecule has 0 fully saturated rings. The molecule has 0 spiro atoms. The summed E-state index contributed by atoms with van der Waals surface area (Å²) in [5.74, 6) is -2.42. The number of anilines is 2. The Hall–Kier alpha value is -4.00. The molecule has 0 heterocycles. The van der Waals surface area contributed by atoms with E-state index in [-0.39, 0.29) is 28.2 Å². The van der Waals surface area contributed by atoms with E-state index in [0.717, 1.165) is 26.5 Å². The van der Waals surface area contributed by atoms with Gasteiger partial charge in [0.05, 0.1) is 47.9 Å². The van der Waals surface area contributed by atoms with Gasteiger partial charge in [0.25, 0.3) is 5.69 Å². The summed E-state index contributed by atoms with van der Waals surface area (Å²) in [4.78, 5) is 46.8. The zero-order valence-corrected chi connectivity index (χ0v) is 18.0. The van der Waals surface area contributed by atoms with Gasteiger partial charge in [-0.1, -0.05) is 6.07 Å². The number of nitro groups is 1. The molecule has 0 atom stereocenters. The van der Waals surface area contributed by atoms with Crippen molar-refractivity contribution in [3.8, 4) is 0 Å². The number of amides is 1. The molecule has 0 bridgehead atoms. The second kappa shape index (κ2) is 9.87. The van der Waals surface area contributed by atoms with E-state index >= 15 is 0 Å². The van der Waals surface area contributed by atoms with Crippen LogP contribution in [0.25, 0.3) is 0 Å². The first-order valence-corrected chi connectivity index (χ1v) is 10.7. The normalized spacial score (nSPS) is 10.7. The van der Waals surface area contributed by atoms with Crippen LogP contribution in [-0.4, -0.2) is 58.2 Å². The number of carbonyl (C=O) groups is 3. The van der Waals surface area contributed by atoms with Crippen molar-refractivity contribution in [3.05, 3.63) is 63.7 Å². The summed E-state index contributed by atoms with van der Waals surface area (Å²) in [6, 6.07) is 8.45. The number of esters is 2. The van der Waals surface area contributed by atoms with Gasteiger partial charge in [0, 0.05) is 12.1 Å². The number of benzene rings is 2. The Bertz CT molecular complexity index is 1180. The summed E-state index contributed by atoms with van der Waals surface area (Å²) < 4.78 is 34.4. The number of hydrogen-bond donors (Lipinski definition) is 1. The highest BCUT2D eigenvalue weighted by molar-refractivity contribution is 7.92. The molecule has 32 heavy (non-hydrogen) atoms. The van der Waals surface area contributed by atoms with E-state index in [1.165, 1.54) is 36.4 Å². The minimum atomic E-state index is -4.02. The topological polar surface area (TPSA) is 162 Å². The number of nitrogens with zero attached hydrogens (tertiary/aromatic N) is 2. The van der Waals surface area contributed by atoms with Gasteiger partial charge in [-0.2, -0.15) is 0 Å². The predicted molar refractivity (Wildman–Crippen MR) is 113 cm³/mol. The third kappa shape index (κ3) is 5.78. The van der Waals surface area contributed by atoms with Crippen molar-refractivity contribution < 1.29 is 37.2 Å². The fourth-order valence-corrected chi connectivity index (χ4v) is 3.51. The van der Waals surface area contributed by atoms with Crippen LogP contribution in [-0.2, 0) is 24.3 Å². The number of sulfonamides is 1.